The fourth-order valence-electron chi connectivity index (χ4n) is 2.57. The van der Waals surface area contributed by atoms with Crippen LogP contribution in [0.5, 0.6) is 0 Å². The van der Waals surface area contributed by atoms with Crippen molar-refractivity contribution in [1.82, 2.24) is 4.98 Å². The van der Waals surface area contributed by atoms with Crippen LogP contribution in [0.4, 0.5) is 10.1 Å². The zero-order chi connectivity index (χ0) is 16.6. The van der Waals surface area contributed by atoms with Gasteiger partial charge in [0.25, 0.3) is 0 Å². The molecule has 0 radical (unpaired) electrons. The van der Waals surface area contributed by atoms with E-state index in [9.17, 15) is 9.50 Å². The predicted octanol–water partition coefficient (Wildman–Crippen LogP) is 3.90. The number of benzene rings is 1. The number of nitrogens with one attached hydrogen (secondary N) is 1. The molecule has 1 atom stereocenters. The van der Waals surface area contributed by atoms with Crippen LogP contribution in [0.25, 0.3) is 10.9 Å². The molecule has 0 bridgehead atoms. The molecular weight excluding hydrogens is 295 g/mol. The third-order valence-electron chi connectivity index (χ3n) is 3.81. The summed E-state index contributed by atoms with van der Waals surface area (Å²) in [5.41, 5.74) is 0.586. The van der Waals surface area contributed by atoms with Crippen LogP contribution in [0.15, 0.2) is 40.8 Å². The van der Waals surface area contributed by atoms with Crippen LogP contribution in [0, 0.1) is 19.7 Å². The minimum Gasteiger partial charge on any atom is -0.463 e. The molecule has 0 aliphatic carbocycles. The van der Waals surface area contributed by atoms with E-state index in [-0.39, 0.29) is 12.4 Å². The van der Waals surface area contributed by atoms with E-state index < -0.39 is 5.60 Å². The number of para-hydroxylation sites is 1. The van der Waals surface area contributed by atoms with Crippen molar-refractivity contribution < 1.29 is 13.9 Å². The quantitative estimate of drug-likeness (QED) is 0.767. The lowest BCUT2D eigenvalue weighted by Crippen LogP contribution is -2.30. The molecule has 2 N–H and O–H groups in total. The average molecular weight is 314 g/mol. The van der Waals surface area contributed by atoms with Gasteiger partial charge < -0.3 is 14.8 Å². The zero-order valence-corrected chi connectivity index (χ0v) is 13.4. The van der Waals surface area contributed by atoms with Crippen molar-refractivity contribution in [2.24, 2.45) is 0 Å². The fourth-order valence-corrected chi connectivity index (χ4v) is 2.57. The van der Waals surface area contributed by atoms with E-state index in [0.717, 1.165) is 11.4 Å². The highest BCUT2D eigenvalue weighted by molar-refractivity contribution is 5.91. The van der Waals surface area contributed by atoms with Crippen LogP contribution in [0.3, 0.4) is 0 Å². The largest absolute Gasteiger partial charge is 0.463 e. The topological polar surface area (TPSA) is 58.3 Å². The van der Waals surface area contributed by atoms with Crippen molar-refractivity contribution in [3.05, 3.63) is 59.4 Å². The average Bonchev–Trinajstić information content (AvgIpc) is 2.93. The Labute approximate surface area is 134 Å². The van der Waals surface area contributed by atoms with Gasteiger partial charge in [0.2, 0.25) is 0 Å². The normalized spacial score (nSPS) is 14.0. The summed E-state index contributed by atoms with van der Waals surface area (Å²) >= 11 is 0. The molecule has 0 fully saturated rings. The first-order valence-electron chi connectivity index (χ1n) is 7.46. The Balaban J connectivity index is 1.91. The molecule has 1 unspecified atom stereocenters. The molecule has 4 nitrogen and oxygen atoms in total. The van der Waals surface area contributed by atoms with E-state index in [1.54, 1.807) is 25.1 Å². The maximum atomic E-state index is 13.9. The summed E-state index contributed by atoms with van der Waals surface area (Å²) in [6.45, 7) is 5.55. The standard InChI is InChI=1S/C18H19FN2O2/c1-11-9-15(13-5-4-6-14(19)17(13)21-11)20-10-18(3,22)16-8-7-12(2)23-16/h4-9,22H,10H2,1-3H3,(H,20,21). The van der Waals surface area contributed by atoms with Gasteiger partial charge in [-0.2, -0.15) is 0 Å². The van der Waals surface area contributed by atoms with Crippen LogP contribution in [-0.2, 0) is 5.60 Å². The van der Waals surface area contributed by atoms with Crippen molar-refractivity contribution >= 4 is 16.6 Å². The lowest BCUT2D eigenvalue weighted by Gasteiger charge is -2.22. The summed E-state index contributed by atoms with van der Waals surface area (Å²) in [6, 6.07) is 10.2. The van der Waals surface area contributed by atoms with Crippen molar-refractivity contribution in [2.75, 3.05) is 11.9 Å². The molecule has 23 heavy (non-hydrogen) atoms. The third-order valence-corrected chi connectivity index (χ3v) is 3.81. The van der Waals surface area contributed by atoms with E-state index >= 15 is 0 Å². The molecule has 2 heterocycles. The van der Waals surface area contributed by atoms with Crippen LogP contribution in [-0.4, -0.2) is 16.6 Å². The minimum absolute atomic E-state index is 0.231. The molecule has 5 heteroatoms. The predicted molar refractivity (Wildman–Crippen MR) is 87.9 cm³/mol. The maximum Gasteiger partial charge on any atom is 0.149 e. The molecule has 0 spiro atoms. The Bertz CT molecular complexity index is 855. The number of rotatable bonds is 4. The van der Waals surface area contributed by atoms with E-state index in [0.29, 0.717) is 22.4 Å². The lowest BCUT2D eigenvalue weighted by molar-refractivity contribution is 0.0468. The summed E-state index contributed by atoms with van der Waals surface area (Å²) < 4.78 is 19.4. The van der Waals surface area contributed by atoms with Crippen molar-refractivity contribution in [1.29, 1.82) is 0 Å². The van der Waals surface area contributed by atoms with Gasteiger partial charge in [-0.1, -0.05) is 12.1 Å². The number of aliphatic hydroxyl groups is 1. The zero-order valence-electron chi connectivity index (χ0n) is 13.4. The first-order chi connectivity index (χ1) is 10.9. The molecule has 0 amide bonds. The third kappa shape index (κ3) is 3.05. The monoisotopic (exact) mass is 314 g/mol. The Morgan fingerprint density at radius 1 is 1.26 bits per heavy atom. The number of fused-ring (bicyclic) bond motifs is 1. The summed E-state index contributed by atoms with van der Waals surface area (Å²) in [5, 5.41) is 14.5. The smallest absolute Gasteiger partial charge is 0.149 e. The molecular formula is C18H19FN2O2. The summed E-state index contributed by atoms with van der Waals surface area (Å²) in [4.78, 5) is 4.25. The molecule has 3 rings (SSSR count). The second kappa shape index (κ2) is 5.66. The molecule has 0 aliphatic heterocycles. The van der Waals surface area contributed by atoms with Gasteiger partial charge in [-0.25, -0.2) is 9.37 Å². The Hall–Kier alpha value is -2.40. The van der Waals surface area contributed by atoms with Crippen molar-refractivity contribution in [3.63, 3.8) is 0 Å². The lowest BCUT2D eigenvalue weighted by atomic mass is 10.0. The number of nitrogens with zero attached hydrogens (tertiary/aromatic N) is 1. The molecule has 2 aromatic heterocycles. The highest BCUT2D eigenvalue weighted by Gasteiger charge is 2.27. The SMILES string of the molecule is Cc1cc(NCC(C)(O)c2ccc(C)o2)c2cccc(F)c2n1. The van der Waals surface area contributed by atoms with E-state index in [1.165, 1.54) is 6.07 Å². The Morgan fingerprint density at radius 3 is 2.74 bits per heavy atom. The molecule has 3 aromatic rings. The molecule has 1 aromatic carbocycles. The van der Waals surface area contributed by atoms with Gasteiger partial charge >= 0.3 is 0 Å². The van der Waals surface area contributed by atoms with Gasteiger partial charge in [-0.05, 0) is 45.0 Å². The fraction of sp³-hybridized carbons (Fsp3) is 0.278. The Kier molecular flexibility index (Phi) is 3.82. The first kappa shape index (κ1) is 15.5. The van der Waals surface area contributed by atoms with E-state index in [2.05, 4.69) is 10.3 Å². The number of hydrogen-bond acceptors (Lipinski definition) is 4. The van der Waals surface area contributed by atoms with Crippen LogP contribution < -0.4 is 5.32 Å². The Morgan fingerprint density at radius 2 is 2.04 bits per heavy atom. The van der Waals surface area contributed by atoms with Crippen LogP contribution in [0.2, 0.25) is 0 Å². The number of pyridine rings is 1. The van der Waals surface area contributed by atoms with E-state index in [4.69, 9.17) is 4.42 Å². The van der Waals surface area contributed by atoms with Crippen molar-refractivity contribution in [3.8, 4) is 0 Å². The van der Waals surface area contributed by atoms with Gasteiger partial charge in [0.15, 0.2) is 0 Å². The highest BCUT2D eigenvalue weighted by Crippen LogP contribution is 2.28. The summed E-state index contributed by atoms with van der Waals surface area (Å²) in [6.07, 6.45) is 0. The second-order valence-corrected chi connectivity index (χ2v) is 5.98. The van der Waals surface area contributed by atoms with Gasteiger partial charge in [-0.15, -0.1) is 0 Å². The van der Waals surface area contributed by atoms with Gasteiger partial charge in [0, 0.05) is 16.8 Å². The first-order valence-corrected chi connectivity index (χ1v) is 7.46. The number of aryl methyl sites for hydroxylation is 2. The number of halogens is 1. The summed E-state index contributed by atoms with van der Waals surface area (Å²) in [7, 11) is 0. The minimum atomic E-state index is -1.18. The second-order valence-electron chi connectivity index (χ2n) is 5.98. The summed E-state index contributed by atoms with van der Waals surface area (Å²) in [5.74, 6) is 0.874. The van der Waals surface area contributed by atoms with Crippen LogP contribution in [0.1, 0.15) is 24.1 Å². The van der Waals surface area contributed by atoms with Gasteiger partial charge in [0.05, 0.1) is 6.54 Å². The number of furan rings is 1. The van der Waals surface area contributed by atoms with Gasteiger partial charge in [-0.3, -0.25) is 0 Å². The van der Waals surface area contributed by atoms with E-state index in [1.807, 2.05) is 26.0 Å². The highest BCUT2D eigenvalue weighted by atomic mass is 19.1. The molecule has 0 saturated heterocycles. The number of hydrogen-bond donors (Lipinski definition) is 2. The molecule has 120 valence electrons. The number of aromatic nitrogens is 1. The molecule has 0 aliphatic rings. The molecule has 0 saturated carbocycles. The van der Waals surface area contributed by atoms with Gasteiger partial charge in [0.1, 0.15) is 28.5 Å². The number of anilines is 1. The van der Waals surface area contributed by atoms with Crippen LogP contribution >= 0.6 is 0 Å². The van der Waals surface area contributed by atoms with Crippen molar-refractivity contribution in [2.45, 2.75) is 26.4 Å². The maximum absolute atomic E-state index is 13.9.